The van der Waals surface area contributed by atoms with E-state index < -0.39 is 29.9 Å². The normalized spacial score (nSPS) is 17.2. The van der Waals surface area contributed by atoms with Gasteiger partial charge in [0.1, 0.15) is 18.4 Å². The number of nitrogens with zero attached hydrogens (tertiary/aromatic N) is 5. The second-order valence-corrected chi connectivity index (χ2v) is 8.62. The van der Waals surface area contributed by atoms with Gasteiger partial charge in [-0.3, -0.25) is 14.5 Å². The number of nitrogens with one attached hydrogen (secondary N) is 2. The fourth-order valence-electron chi connectivity index (χ4n) is 4.22. The van der Waals surface area contributed by atoms with E-state index in [4.69, 9.17) is 0 Å². The lowest BCUT2D eigenvalue weighted by Crippen LogP contribution is -2.42. The van der Waals surface area contributed by atoms with Crippen LogP contribution in [0.4, 0.5) is 10.5 Å². The second kappa shape index (κ2) is 9.41. The van der Waals surface area contributed by atoms with Gasteiger partial charge in [-0.05, 0) is 58.7 Å². The van der Waals surface area contributed by atoms with E-state index in [1.54, 1.807) is 37.3 Å². The van der Waals surface area contributed by atoms with Crippen molar-refractivity contribution in [3.8, 4) is 5.69 Å². The van der Waals surface area contributed by atoms with Crippen molar-refractivity contribution in [2.24, 2.45) is 0 Å². The van der Waals surface area contributed by atoms with E-state index in [0.29, 0.717) is 23.4 Å². The van der Waals surface area contributed by atoms with Gasteiger partial charge in [0.15, 0.2) is 0 Å². The van der Waals surface area contributed by atoms with E-state index in [0.717, 1.165) is 16.0 Å². The second-order valence-electron chi connectivity index (χ2n) is 8.62. The standard InChI is InChI=1S/C26H23N7O3/c1-26(20-11-7-12-21(15-20)33-17-27-30-31-33)24(35)32(25(36)29-26)16-23(34)28-22-13-6-5-10-19(22)14-18-8-3-2-4-9-18/h2-13,15,17H,14,16H2,1H3,(H,28,34)(H,29,36)/t26-/m1/s1. The van der Waals surface area contributed by atoms with Gasteiger partial charge < -0.3 is 10.6 Å². The first-order chi connectivity index (χ1) is 17.4. The molecule has 36 heavy (non-hydrogen) atoms. The van der Waals surface area contributed by atoms with Crippen LogP contribution in [0.1, 0.15) is 23.6 Å². The Kier molecular flexibility index (Phi) is 5.99. The van der Waals surface area contributed by atoms with Crippen LogP contribution in [-0.4, -0.2) is 49.5 Å². The minimum atomic E-state index is -1.34. The number of hydrogen-bond donors (Lipinski definition) is 2. The molecule has 1 aliphatic rings. The molecule has 0 saturated carbocycles. The number of amides is 4. The summed E-state index contributed by atoms with van der Waals surface area (Å²) in [6.07, 6.45) is 2.07. The summed E-state index contributed by atoms with van der Waals surface area (Å²) in [5, 5.41) is 16.7. The third-order valence-corrected chi connectivity index (χ3v) is 6.14. The summed E-state index contributed by atoms with van der Waals surface area (Å²) in [4.78, 5) is 39.9. The molecule has 1 atom stereocenters. The Morgan fingerprint density at radius 3 is 2.56 bits per heavy atom. The molecule has 0 bridgehead atoms. The molecule has 0 aliphatic carbocycles. The van der Waals surface area contributed by atoms with E-state index in [1.807, 2.05) is 48.5 Å². The molecule has 180 valence electrons. The molecular weight excluding hydrogens is 458 g/mol. The van der Waals surface area contributed by atoms with Crippen LogP contribution in [0.15, 0.2) is 85.2 Å². The molecule has 1 aromatic heterocycles. The van der Waals surface area contributed by atoms with Gasteiger partial charge in [-0.2, -0.15) is 0 Å². The maximum absolute atomic E-state index is 13.3. The van der Waals surface area contributed by atoms with Crippen LogP contribution in [0.25, 0.3) is 5.69 Å². The van der Waals surface area contributed by atoms with Gasteiger partial charge in [-0.15, -0.1) is 5.10 Å². The minimum absolute atomic E-state index is 0.410. The van der Waals surface area contributed by atoms with Crippen LogP contribution in [0.3, 0.4) is 0 Å². The molecular formula is C26H23N7O3. The summed E-state index contributed by atoms with van der Waals surface area (Å²) in [7, 11) is 0. The highest BCUT2D eigenvalue weighted by atomic mass is 16.2. The molecule has 2 N–H and O–H groups in total. The first kappa shape index (κ1) is 22.9. The van der Waals surface area contributed by atoms with Crippen LogP contribution in [-0.2, 0) is 21.5 Å². The van der Waals surface area contributed by atoms with Gasteiger partial charge in [-0.25, -0.2) is 9.48 Å². The van der Waals surface area contributed by atoms with Gasteiger partial charge in [-0.1, -0.05) is 60.7 Å². The number of carbonyl (C=O) groups excluding carboxylic acids is 3. The Hall–Kier alpha value is -4.86. The third kappa shape index (κ3) is 4.43. The summed E-state index contributed by atoms with van der Waals surface area (Å²) in [5.74, 6) is -0.986. The fraction of sp³-hybridized carbons (Fsp3) is 0.154. The first-order valence-electron chi connectivity index (χ1n) is 11.3. The number of imide groups is 1. The van der Waals surface area contributed by atoms with Crippen LogP contribution in [0.2, 0.25) is 0 Å². The van der Waals surface area contributed by atoms with Crippen molar-refractivity contribution in [2.75, 3.05) is 11.9 Å². The average Bonchev–Trinajstić information content (AvgIpc) is 3.50. The molecule has 2 heterocycles. The molecule has 0 unspecified atom stereocenters. The maximum atomic E-state index is 13.3. The summed E-state index contributed by atoms with van der Waals surface area (Å²) in [5.41, 5.74) is 2.51. The average molecular weight is 482 g/mol. The number of rotatable bonds is 7. The number of anilines is 1. The quantitative estimate of drug-likeness (QED) is 0.392. The Labute approximate surface area is 206 Å². The van der Waals surface area contributed by atoms with E-state index in [2.05, 4.69) is 26.2 Å². The number of carbonyl (C=O) groups is 3. The smallest absolute Gasteiger partial charge is 0.324 e. The number of urea groups is 1. The highest BCUT2D eigenvalue weighted by Crippen LogP contribution is 2.30. The number of tetrazole rings is 1. The molecule has 4 amide bonds. The molecule has 4 aromatic rings. The van der Waals surface area contributed by atoms with E-state index in [-0.39, 0.29) is 0 Å². The fourth-order valence-corrected chi connectivity index (χ4v) is 4.22. The van der Waals surface area contributed by atoms with Gasteiger partial charge in [0.2, 0.25) is 5.91 Å². The van der Waals surface area contributed by atoms with Gasteiger partial charge >= 0.3 is 6.03 Å². The lowest BCUT2D eigenvalue weighted by atomic mass is 9.91. The SMILES string of the molecule is C[C@]1(c2cccc(-n3cnnn3)c2)NC(=O)N(CC(=O)Nc2ccccc2Cc2ccccc2)C1=O. The van der Waals surface area contributed by atoms with Crippen molar-refractivity contribution < 1.29 is 14.4 Å². The summed E-state index contributed by atoms with van der Waals surface area (Å²) < 4.78 is 1.45. The molecule has 1 aliphatic heterocycles. The zero-order valence-electron chi connectivity index (χ0n) is 19.5. The van der Waals surface area contributed by atoms with E-state index in [1.165, 1.54) is 11.0 Å². The highest BCUT2D eigenvalue weighted by molar-refractivity contribution is 6.10. The van der Waals surface area contributed by atoms with Crippen LogP contribution < -0.4 is 10.6 Å². The molecule has 10 heteroatoms. The topological polar surface area (TPSA) is 122 Å². The number of para-hydroxylation sites is 1. The lowest BCUT2D eigenvalue weighted by Gasteiger charge is -2.22. The monoisotopic (exact) mass is 481 g/mol. The number of benzene rings is 3. The van der Waals surface area contributed by atoms with Crippen molar-refractivity contribution in [3.63, 3.8) is 0 Å². The van der Waals surface area contributed by atoms with Crippen LogP contribution in [0, 0.1) is 0 Å². The molecule has 5 rings (SSSR count). The lowest BCUT2D eigenvalue weighted by molar-refractivity contribution is -0.133. The minimum Gasteiger partial charge on any atom is -0.324 e. The molecule has 0 radical (unpaired) electrons. The Morgan fingerprint density at radius 2 is 1.78 bits per heavy atom. The predicted octanol–water partition coefficient (Wildman–Crippen LogP) is 2.66. The molecule has 1 saturated heterocycles. The van der Waals surface area contributed by atoms with Crippen molar-refractivity contribution in [3.05, 3.63) is 102 Å². The number of hydrogen-bond acceptors (Lipinski definition) is 6. The Balaban J connectivity index is 1.31. The zero-order valence-corrected chi connectivity index (χ0v) is 19.5. The summed E-state index contributed by atoms with van der Waals surface area (Å²) in [6.45, 7) is 1.20. The molecule has 3 aromatic carbocycles. The van der Waals surface area contributed by atoms with Crippen molar-refractivity contribution in [1.82, 2.24) is 30.4 Å². The summed E-state index contributed by atoms with van der Waals surface area (Å²) in [6, 6.07) is 23.7. The van der Waals surface area contributed by atoms with Crippen molar-refractivity contribution >= 4 is 23.5 Å². The molecule has 1 fully saturated rings. The first-order valence-corrected chi connectivity index (χ1v) is 11.3. The van der Waals surface area contributed by atoms with Crippen LogP contribution >= 0.6 is 0 Å². The van der Waals surface area contributed by atoms with E-state index >= 15 is 0 Å². The van der Waals surface area contributed by atoms with Gasteiger partial charge in [0.05, 0.1) is 5.69 Å². The maximum Gasteiger partial charge on any atom is 0.325 e. The van der Waals surface area contributed by atoms with Crippen LogP contribution in [0.5, 0.6) is 0 Å². The predicted molar refractivity (Wildman–Crippen MR) is 131 cm³/mol. The summed E-state index contributed by atoms with van der Waals surface area (Å²) >= 11 is 0. The van der Waals surface area contributed by atoms with Gasteiger partial charge in [0, 0.05) is 5.69 Å². The third-order valence-electron chi connectivity index (χ3n) is 6.14. The van der Waals surface area contributed by atoms with Gasteiger partial charge in [0.25, 0.3) is 5.91 Å². The highest BCUT2D eigenvalue weighted by Gasteiger charge is 2.49. The van der Waals surface area contributed by atoms with Crippen molar-refractivity contribution in [2.45, 2.75) is 18.9 Å². The zero-order chi connectivity index (χ0) is 25.1. The van der Waals surface area contributed by atoms with E-state index in [9.17, 15) is 14.4 Å². The number of aromatic nitrogens is 4. The Morgan fingerprint density at radius 1 is 1.00 bits per heavy atom. The Bertz CT molecular complexity index is 1420. The molecule has 10 nitrogen and oxygen atoms in total. The molecule has 0 spiro atoms. The van der Waals surface area contributed by atoms with Crippen molar-refractivity contribution in [1.29, 1.82) is 0 Å². The largest absolute Gasteiger partial charge is 0.325 e.